The van der Waals surface area contributed by atoms with Crippen molar-refractivity contribution in [1.29, 1.82) is 0 Å². The van der Waals surface area contributed by atoms with E-state index in [1.165, 1.54) is 5.56 Å². The number of rotatable bonds is 5. The van der Waals surface area contributed by atoms with E-state index in [0.29, 0.717) is 17.9 Å². The number of carbonyl (C=O) groups is 1. The number of benzene rings is 2. The molecule has 0 aromatic heterocycles. The van der Waals surface area contributed by atoms with E-state index in [0.717, 1.165) is 11.1 Å². The number of Topliss-reactive ketones (excluding diaryl/α,β-unsaturated/α-hetero) is 1. The minimum Gasteiger partial charge on any atom is -0.488 e. The molecule has 0 unspecified atom stereocenters. The lowest BCUT2D eigenvalue weighted by atomic mass is 10.1. The van der Waals surface area contributed by atoms with Crippen molar-refractivity contribution in [2.75, 3.05) is 5.88 Å². The summed E-state index contributed by atoms with van der Waals surface area (Å²) in [5, 5.41) is 0. The van der Waals surface area contributed by atoms with Gasteiger partial charge < -0.3 is 4.74 Å². The number of ketones is 1. The molecule has 0 radical (unpaired) electrons. The van der Waals surface area contributed by atoms with Crippen molar-refractivity contribution >= 4 is 17.4 Å². The Morgan fingerprint density at radius 2 is 1.85 bits per heavy atom. The van der Waals surface area contributed by atoms with Crippen molar-refractivity contribution in [2.45, 2.75) is 20.5 Å². The number of aryl methyl sites for hydroxylation is 2. The quantitative estimate of drug-likeness (QED) is 0.605. The summed E-state index contributed by atoms with van der Waals surface area (Å²) in [6.45, 7) is 4.42. The number of carbonyl (C=O) groups excluding carboxylic acids is 1. The highest BCUT2D eigenvalue weighted by Crippen LogP contribution is 2.22. The molecule has 0 spiro atoms. The molecule has 0 aliphatic rings. The Kier molecular flexibility index (Phi) is 4.80. The monoisotopic (exact) mass is 288 g/mol. The van der Waals surface area contributed by atoms with Crippen LogP contribution in [0.15, 0.2) is 42.5 Å². The lowest BCUT2D eigenvalue weighted by molar-refractivity contribution is 0.101. The van der Waals surface area contributed by atoms with E-state index in [9.17, 15) is 4.79 Å². The normalized spacial score (nSPS) is 10.3. The predicted molar refractivity (Wildman–Crippen MR) is 81.7 cm³/mol. The van der Waals surface area contributed by atoms with Crippen LogP contribution in [-0.2, 0) is 6.61 Å². The fourth-order valence-corrected chi connectivity index (χ4v) is 2.17. The average Bonchev–Trinajstić information content (AvgIpc) is 2.45. The summed E-state index contributed by atoms with van der Waals surface area (Å²) in [6.07, 6.45) is 0. The summed E-state index contributed by atoms with van der Waals surface area (Å²) in [5.74, 6) is 0.432. The van der Waals surface area contributed by atoms with Crippen molar-refractivity contribution in [3.63, 3.8) is 0 Å². The van der Waals surface area contributed by atoms with Gasteiger partial charge in [0, 0.05) is 0 Å². The molecule has 2 aromatic carbocycles. The van der Waals surface area contributed by atoms with Gasteiger partial charge in [0.15, 0.2) is 5.78 Å². The van der Waals surface area contributed by atoms with Crippen LogP contribution in [-0.4, -0.2) is 11.7 Å². The van der Waals surface area contributed by atoms with Crippen molar-refractivity contribution < 1.29 is 9.53 Å². The van der Waals surface area contributed by atoms with Crippen LogP contribution in [0.5, 0.6) is 5.75 Å². The lowest BCUT2D eigenvalue weighted by Gasteiger charge is -2.11. The highest BCUT2D eigenvalue weighted by molar-refractivity contribution is 6.30. The van der Waals surface area contributed by atoms with Crippen LogP contribution < -0.4 is 4.74 Å². The topological polar surface area (TPSA) is 26.3 Å². The summed E-state index contributed by atoms with van der Waals surface area (Å²) in [5.41, 5.74) is 3.83. The van der Waals surface area contributed by atoms with Crippen molar-refractivity contribution in [2.24, 2.45) is 0 Å². The Balaban J connectivity index is 2.19. The van der Waals surface area contributed by atoms with Gasteiger partial charge in [-0.25, -0.2) is 0 Å². The maximum absolute atomic E-state index is 11.8. The van der Waals surface area contributed by atoms with Crippen LogP contribution >= 0.6 is 11.6 Å². The smallest absolute Gasteiger partial charge is 0.181 e. The van der Waals surface area contributed by atoms with Crippen LogP contribution in [0.2, 0.25) is 0 Å². The molecule has 0 bridgehead atoms. The largest absolute Gasteiger partial charge is 0.488 e. The molecule has 0 aliphatic heterocycles. The van der Waals surface area contributed by atoms with Crippen molar-refractivity contribution in [1.82, 2.24) is 0 Å². The minimum atomic E-state index is -0.116. The standard InChI is InChI=1S/C17H17ClO2/c1-12-4-3-5-14(8-12)11-20-17-7-6-13(2)9-15(17)16(19)10-18/h3-9H,10-11H2,1-2H3. The van der Waals surface area contributed by atoms with E-state index in [1.54, 1.807) is 0 Å². The highest BCUT2D eigenvalue weighted by Gasteiger charge is 2.12. The number of hydrogen-bond acceptors (Lipinski definition) is 2. The minimum absolute atomic E-state index is 0.0374. The second-order valence-corrected chi connectivity index (χ2v) is 5.10. The molecule has 104 valence electrons. The molecule has 2 aromatic rings. The first kappa shape index (κ1) is 14.6. The average molecular weight is 289 g/mol. The van der Waals surface area contributed by atoms with Crippen LogP contribution in [0.4, 0.5) is 0 Å². The van der Waals surface area contributed by atoms with Gasteiger partial charge in [0.2, 0.25) is 0 Å². The maximum Gasteiger partial charge on any atom is 0.181 e. The third-order valence-electron chi connectivity index (χ3n) is 3.03. The molecule has 20 heavy (non-hydrogen) atoms. The number of alkyl halides is 1. The van der Waals surface area contributed by atoms with E-state index in [1.807, 2.05) is 50.2 Å². The molecular formula is C17H17ClO2. The highest BCUT2D eigenvalue weighted by atomic mass is 35.5. The SMILES string of the molecule is Cc1cccc(COc2ccc(C)cc2C(=O)CCl)c1. The van der Waals surface area contributed by atoms with Gasteiger partial charge in [-0.3, -0.25) is 4.79 Å². The second-order valence-electron chi connectivity index (χ2n) is 4.83. The molecule has 0 saturated heterocycles. The van der Waals surface area contributed by atoms with Gasteiger partial charge in [-0.15, -0.1) is 11.6 Å². The van der Waals surface area contributed by atoms with Crippen LogP contribution in [0.1, 0.15) is 27.0 Å². The Bertz CT molecular complexity index is 620. The second kappa shape index (κ2) is 6.58. The molecule has 0 heterocycles. The van der Waals surface area contributed by atoms with Crippen LogP contribution in [0.3, 0.4) is 0 Å². The zero-order valence-corrected chi connectivity index (χ0v) is 12.4. The molecule has 2 nitrogen and oxygen atoms in total. The predicted octanol–water partition coefficient (Wildman–Crippen LogP) is 4.30. The molecule has 3 heteroatoms. The Labute approximate surface area is 124 Å². The van der Waals surface area contributed by atoms with E-state index < -0.39 is 0 Å². The zero-order valence-electron chi connectivity index (χ0n) is 11.7. The van der Waals surface area contributed by atoms with Gasteiger partial charge in [-0.05, 0) is 31.5 Å². The van der Waals surface area contributed by atoms with Crippen molar-refractivity contribution in [3.8, 4) is 5.75 Å². The Hall–Kier alpha value is -1.80. The number of hydrogen-bond donors (Lipinski definition) is 0. The van der Waals surface area contributed by atoms with Crippen molar-refractivity contribution in [3.05, 3.63) is 64.7 Å². The van der Waals surface area contributed by atoms with Crippen LogP contribution in [0.25, 0.3) is 0 Å². The summed E-state index contributed by atoms with van der Waals surface area (Å²) < 4.78 is 5.78. The molecule has 2 rings (SSSR count). The van der Waals surface area contributed by atoms with Gasteiger partial charge >= 0.3 is 0 Å². The first-order chi connectivity index (χ1) is 9.60. The maximum atomic E-state index is 11.8. The Morgan fingerprint density at radius 3 is 2.55 bits per heavy atom. The molecule has 0 fully saturated rings. The third kappa shape index (κ3) is 3.61. The first-order valence-electron chi connectivity index (χ1n) is 6.48. The van der Waals surface area contributed by atoms with Gasteiger partial charge in [0.25, 0.3) is 0 Å². The summed E-state index contributed by atoms with van der Waals surface area (Å²) >= 11 is 5.64. The molecule has 0 saturated carbocycles. The van der Waals surface area contributed by atoms with E-state index in [4.69, 9.17) is 16.3 Å². The number of ether oxygens (including phenoxy) is 1. The molecular weight excluding hydrogens is 272 g/mol. The third-order valence-corrected chi connectivity index (χ3v) is 3.28. The van der Waals surface area contributed by atoms with Gasteiger partial charge in [-0.2, -0.15) is 0 Å². The van der Waals surface area contributed by atoms with Gasteiger partial charge in [-0.1, -0.05) is 41.5 Å². The van der Waals surface area contributed by atoms with Crippen LogP contribution in [0, 0.1) is 13.8 Å². The lowest BCUT2D eigenvalue weighted by Crippen LogP contribution is -2.06. The summed E-state index contributed by atoms with van der Waals surface area (Å²) in [4.78, 5) is 11.8. The molecule has 0 aliphatic carbocycles. The number of halogens is 1. The zero-order chi connectivity index (χ0) is 14.5. The molecule has 0 amide bonds. The van der Waals surface area contributed by atoms with Gasteiger partial charge in [0.1, 0.15) is 12.4 Å². The fraction of sp³-hybridized carbons (Fsp3) is 0.235. The summed E-state index contributed by atoms with van der Waals surface area (Å²) in [6, 6.07) is 13.7. The molecule has 0 N–H and O–H groups in total. The first-order valence-corrected chi connectivity index (χ1v) is 7.02. The van der Waals surface area contributed by atoms with E-state index in [2.05, 4.69) is 6.07 Å². The van der Waals surface area contributed by atoms with Gasteiger partial charge in [0.05, 0.1) is 11.4 Å². The molecule has 0 atom stereocenters. The fourth-order valence-electron chi connectivity index (χ4n) is 2.02. The van der Waals surface area contributed by atoms with E-state index in [-0.39, 0.29) is 11.7 Å². The Morgan fingerprint density at radius 1 is 1.10 bits per heavy atom. The van der Waals surface area contributed by atoms with E-state index >= 15 is 0 Å². The summed E-state index contributed by atoms with van der Waals surface area (Å²) in [7, 11) is 0.